The number of halogens is 3. The van der Waals surface area contributed by atoms with E-state index in [4.69, 9.17) is 0 Å². The minimum Gasteiger partial charge on any atom is -0.352 e. The van der Waals surface area contributed by atoms with Crippen LogP contribution < -0.4 is 16.3 Å². The number of nitrogens with zero attached hydrogens (tertiary/aromatic N) is 2. The number of carbonyl (C=O) groups excluding carboxylic acids is 2. The van der Waals surface area contributed by atoms with Gasteiger partial charge in [0.05, 0.1) is 17.0 Å². The Balaban J connectivity index is 1.64. The first kappa shape index (κ1) is 22.3. The number of nitrogens with one attached hydrogen (secondary N) is 2. The van der Waals surface area contributed by atoms with E-state index in [1.165, 1.54) is 24.4 Å². The molecule has 4 rings (SSSR count). The van der Waals surface area contributed by atoms with E-state index in [2.05, 4.69) is 15.8 Å². The molecule has 1 atom stereocenters. The van der Waals surface area contributed by atoms with Crippen molar-refractivity contribution in [1.82, 2.24) is 15.3 Å². The van der Waals surface area contributed by atoms with E-state index in [1.807, 2.05) is 0 Å². The van der Waals surface area contributed by atoms with Gasteiger partial charge in [0.15, 0.2) is 0 Å². The third-order valence-electron chi connectivity index (χ3n) is 5.33. The average molecular weight is 456 g/mol. The molecule has 0 saturated heterocycles. The van der Waals surface area contributed by atoms with Crippen molar-refractivity contribution < 1.29 is 22.8 Å². The summed E-state index contributed by atoms with van der Waals surface area (Å²) in [6, 6.07) is 12.5. The van der Waals surface area contributed by atoms with Gasteiger partial charge in [-0.05, 0) is 48.6 Å². The van der Waals surface area contributed by atoms with Gasteiger partial charge in [-0.25, -0.2) is 5.43 Å². The van der Waals surface area contributed by atoms with Crippen molar-refractivity contribution in [2.24, 2.45) is 11.0 Å². The molecule has 1 aliphatic rings. The highest BCUT2D eigenvalue weighted by atomic mass is 19.4. The summed E-state index contributed by atoms with van der Waals surface area (Å²) >= 11 is 0. The van der Waals surface area contributed by atoms with E-state index < -0.39 is 23.2 Å². The monoisotopic (exact) mass is 456 g/mol. The molecule has 2 N–H and O–H groups in total. The van der Waals surface area contributed by atoms with E-state index in [-0.39, 0.29) is 29.6 Å². The Morgan fingerprint density at radius 2 is 1.88 bits per heavy atom. The Morgan fingerprint density at radius 3 is 2.61 bits per heavy atom. The van der Waals surface area contributed by atoms with Crippen molar-refractivity contribution in [1.29, 1.82) is 0 Å². The molecule has 1 aromatic heterocycles. The number of aromatic nitrogens is 1. The summed E-state index contributed by atoms with van der Waals surface area (Å²) in [5, 5.41) is 6.86. The molecular weight excluding hydrogens is 437 g/mol. The van der Waals surface area contributed by atoms with E-state index in [1.54, 1.807) is 24.3 Å². The van der Waals surface area contributed by atoms with E-state index in [0.717, 1.165) is 16.7 Å². The second-order valence-electron chi connectivity index (χ2n) is 7.56. The molecular formula is C23H19F3N4O3. The Kier molecular flexibility index (Phi) is 5.99. The zero-order valence-electron chi connectivity index (χ0n) is 17.2. The highest BCUT2D eigenvalue weighted by molar-refractivity contribution is 5.98. The number of hydrazone groups is 1. The average Bonchev–Trinajstić information content (AvgIpc) is 3.20. The maximum atomic E-state index is 13.2. The first-order valence-corrected chi connectivity index (χ1v) is 10.2. The molecule has 2 amide bonds. The molecule has 33 heavy (non-hydrogen) atoms. The van der Waals surface area contributed by atoms with Crippen molar-refractivity contribution in [2.75, 3.05) is 6.54 Å². The number of alkyl halides is 3. The largest absolute Gasteiger partial charge is 0.416 e. The van der Waals surface area contributed by atoms with Crippen LogP contribution in [0, 0.1) is 5.92 Å². The third kappa shape index (κ3) is 4.64. The standard InChI is InChI=1S/C23H19F3N4O3/c24-23(25,26)16-7-3-8-17(12-16)30-19-9-2-1-5-14(19)11-18(22(30)33)21(32)27-10-4-6-15-13-28-29-20(15)31/h1-3,5,7-9,11-13,15H,4,6,10H2,(H,27,32)(H,29,31). The second-order valence-corrected chi connectivity index (χ2v) is 7.56. The number of rotatable bonds is 6. The number of para-hydroxylation sites is 1. The van der Waals surface area contributed by atoms with Crippen LogP contribution in [0.5, 0.6) is 0 Å². The van der Waals surface area contributed by atoms with Crippen LogP contribution in [-0.4, -0.2) is 29.1 Å². The molecule has 1 aliphatic heterocycles. The SMILES string of the molecule is O=C(NCCCC1C=NNC1=O)c1cc2ccccc2n(-c2cccc(C(F)(F)F)c2)c1=O. The first-order chi connectivity index (χ1) is 15.8. The molecule has 0 radical (unpaired) electrons. The van der Waals surface area contributed by atoms with Crippen molar-refractivity contribution in [3.05, 3.63) is 76.1 Å². The van der Waals surface area contributed by atoms with Crippen molar-refractivity contribution in [3.8, 4) is 5.69 Å². The molecule has 0 bridgehead atoms. The first-order valence-electron chi connectivity index (χ1n) is 10.2. The molecule has 0 fully saturated rings. The number of fused-ring (bicyclic) bond motifs is 1. The number of benzene rings is 2. The Labute approximate surface area is 185 Å². The van der Waals surface area contributed by atoms with E-state index in [0.29, 0.717) is 23.7 Å². The van der Waals surface area contributed by atoms with E-state index in [9.17, 15) is 27.6 Å². The normalized spacial score (nSPS) is 15.6. The van der Waals surface area contributed by atoms with Crippen LogP contribution in [0.3, 0.4) is 0 Å². The van der Waals surface area contributed by atoms with Gasteiger partial charge in [-0.3, -0.25) is 19.0 Å². The zero-order valence-corrected chi connectivity index (χ0v) is 17.2. The summed E-state index contributed by atoms with van der Waals surface area (Å²) in [6.45, 7) is 0.215. The smallest absolute Gasteiger partial charge is 0.352 e. The summed E-state index contributed by atoms with van der Waals surface area (Å²) in [7, 11) is 0. The summed E-state index contributed by atoms with van der Waals surface area (Å²) in [6.07, 6.45) is -2.13. The minimum atomic E-state index is -4.58. The van der Waals surface area contributed by atoms with Crippen LogP contribution >= 0.6 is 0 Å². The summed E-state index contributed by atoms with van der Waals surface area (Å²) in [5.41, 5.74) is 0.904. The molecule has 1 unspecified atom stereocenters. The molecule has 10 heteroatoms. The highest BCUT2D eigenvalue weighted by Gasteiger charge is 2.31. The van der Waals surface area contributed by atoms with Crippen LogP contribution in [0.25, 0.3) is 16.6 Å². The van der Waals surface area contributed by atoms with Crippen LogP contribution in [0.2, 0.25) is 0 Å². The lowest BCUT2D eigenvalue weighted by Gasteiger charge is -2.15. The van der Waals surface area contributed by atoms with Gasteiger partial charge in [0.1, 0.15) is 5.56 Å². The third-order valence-corrected chi connectivity index (χ3v) is 5.33. The lowest BCUT2D eigenvalue weighted by molar-refractivity contribution is -0.137. The predicted octanol–water partition coefficient (Wildman–Crippen LogP) is 3.25. The predicted molar refractivity (Wildman–Crippen MR) is 116 cm³/mol. The maximum absolute atomic E-state index is 13.2. The Morgan fingerprint density at radius 1 is 1.09 bits per heavy atom. The lowest BCUT2D eigenvalue weighted by Crippen LogP contribution is -2.33. The van der Waals surface area contributed by atoms with Crippen LogP contribution in [0.4, 0.5) is 13.2 Å². The number of hydrogen-bond donors (Lipinski definition) is 2. The van der Waals surface area contributed by atoms with Gasteiger partial charge < -0.3 is 5.32 Å². The van der Waals surface area contributed by atoms with Gasteiger partial charge in [-0.15, -0.1) is 0 Å². The van der Waals surface area contributed by atoms with Gasteiger partial charge in [-0.1, -0.05) is 24.3 Å². The molecule has 2 heterocycles. The summed E-state index contributed by atoms with van der Waals surface area (Å²) < 4.78 is 40.8. The van der Waals surface area contributed by atoms with Crippen LogP contribution in [0.1, 0.15) is 28.8 Å². The molecule has 0 aliphatic carbocycles. The topological polar surface area (TPSA) is 92.6 Å². The fourth-order valence-corrected chi connectivity index (χ4v) is 3.67. The van der Waals surface area contributed by atoms with Crippen molar-refractivity contribution in [2.45, 2.75) is 19.0 Å². The van der Waals surface area contributed by atoms with Gasteiger partial charge in [0.2, 0.25) is 5.91 Å². The van der Waals surface area contributed by atoms with Gasteiger partial charge in [-0.2, -0.15) is 18.3 Å². The summed E-state index contributed by atoms with van der Waals surface area (Å²) in [4.78, 5) is 37.5. The van der Waals surface area contributed by atoms with Gasteiger partial charge >= 0.3 is 6.18 Å². The fraction of sp³-hybridized carbons (Fsp3) is 0.217. The highest BCUT2D eigenvalue weighted by Crippen LogP contribution is 2.30. The van der Waals surface area contributed by atoms with E-state index >= 15 is 0 Å². The molecule has 3 aromatic rings. The molecule has 0 saturated carbocycles. The Bertz CT molecular complexity index is 1310. The van der Waals surface area contributed by atoms with Crippen LogP contribution in [-0.2, 0) is 11.0 Å². The minimum absolute atomic E-state index is 0.00667. The second kappa shape index (κ2) is 8.89. The number of pyridine rings is 1. The number of carbonyl (C=O) groups is 2. The summed E-state index contributed by atoms with van der Waals surface area (Å²) in [5.74, 6) is -1.21. The van der Waals surface area contributed by atoms with Crippen molar-refractivity contribution >= 4 is 28.9 Å². The molecule has 7 nitrogen and oxygen atoms in total. The van der Waals surface area contributed by atoms with Crippen molar-refractivity contribution in [3.63, 3.8) is 0 Å². The molecule has 2 aromatic carbocycles. The zero-order chi connectivity index (χ0) is 23.6. The Hall–Kier alpha value is -3.95. The fourth-order valence-electron chi connectivity index (χ4n) is 3.67. The molecule has 170 valence electrons. The lowest BCUT2D eigenvalue weighted by atomic mass is 10.0. The number of hydrogen-bond acceptors (Lipinski definition) is 4. The van der Waals surface area contributed by atoms with Gasteiger partial charge in [0.25, 0.3) is 11.5 Å². The number of amides is 2. The quantitative estimate of drug-likeness (QED) is 0.558. The molecule has 0 spiro atoms. The van der Waals surface area contributed by atoms with Gasteiger partial charge in [0, 0.05) is 18.4 Å². The maximum Gasteiger partial charge on any atom is 0.416 e. The van der Waals surface area contributed by atoms with Crippen LogP contribution in [0.15, 0.2) is 64.5 Å².